The lowest BCUT2D eigenvalue weighted by atomic mass is 10.3. The standard InChI is InChI=1S/C15H13Cl2N3/c16-12-7-4-8-13(17)14(12)19-15-18-9-10-20(15)11-5-2-1-3-6-11/h1-8H,9-10H2,(H,18,19). The molecule has 1 N–H and O–H groups in total. The third kappa shape index (κ3) is 2.60. The molecule has 2 aromatic carbocycles. The lowest BCUT2D eigenvalue weighted by Gasteiger charge is -2.22. The number of nitrogens with zero attached hydrogens (tertiary/aromatic N) is 2. The normalized spacial score (nSPS) is 14.3. The minimum absolute atomic E-state index is 0.583. The van der Waals surface area contributed by atoms with Gasteiger partial charge in [0.1, 0.15) is 0 Å². The second-order valence-electron chi connectivity index (χ2n) is 4.41. The van der Waals surface area contributed by atoms with Crippen molar-refractivity contribution >= 4 is 40.5 Å². The maximum Gasteiger partial charge on any atom is 0.203 e. The van der Waals surface area contributed by atoms with Crippen LogP contribution in [0.3, 0.4) is 0 Å². The third-order valence-corrected chi connectivity index (χ3v) is 3.74. The summed E-state index contributed by atoms with van der Waals surface area (Å²) in [6.07, 6.45) is 0. The van der Waals surface area contributed by atoms with E-state index in [9.17, 15) is 0 Å². The highest BCUT2D eigenvalue weighted by Crippen LogP contribution is 2.31. The molecule has 1 heterocycles. The second-order valence-corrected chi connectivity index (χ2v) is 5.23. The number of nitrogens with one attached hydrogen (secondary N) is 1. The van der Waals surface area contributed by atoms with E-state index < -0.39 is 0 Å². The molecule has 0 saturated carbocycles. The largest absolute Gasteiger partial charge is 0.323 e. The molecule has 0 fully saturated rings. The summed E-state index contributed by atoms with van der Waals surface area (Å²) in [6.45, 7) is 1.59. The van der Waals surface area contributed by atoms with E-state index in [1.807, 2.05) is 24.3 Å². The molecule has 0 aromatic heterocycles. The van der Waals surface area contributed by atoms with Crippen LogP contribution >= 0.6 is 23.2 Å². The Morgan fingerprint density at radius 1 is 0.950 bits per heavy atom. The predicted octanol–water partition coefficient (Wildman–Crippen LogP) is 4.28. The van der Waals surface area contributed by atoms with Crippen LogP contribution in [0.5, 0.6) is 0 Å². The lowest BCUT2D eigenvalue weighted by Crippen LogP contribution is -2.33. The molecule has 0 aliphatic carbocycles. The van der Waals surface area contributed by atoms with Crippen LogP contribution in [0.25, 0.3) is 0 Å². The Bertz CT molecular complexity index is 621. The minimum atomic E-state index is 0.583. The number of benzene rings is 2. The van der Waals surface area contributed by atoms with Crippen molar-refractivity contribution in [1.82, 2.24) is 0 Å². The highest BCUT2D eigenvalue weighted by atomic mass is 35.5. The molecule has 1 aliphatic rings. The summed E-state index contributed by atoms with van der Waals surface area (Å²) < 4.78 is 0. The molecule has 20 heavy (non-hydrogen) atoms. The zero-order chi connectivity index (χ0) is 13.9. The zero-order valence-electron chi connectivity index (χ0n) is 10.7. The molecule has 0 bridgehead atoms. The highest BCUT2D eigenvalue weighted by Gasteiger charge is 2.20. The van der Waals surface area contributed by atoms with Gasteiger partial charge in [0.2, 0.25) is 5.96 Å². The summed E-state index contributed by atoms with van der Waals surface area (Å²) in [5, 5.41) is 4.40. The average Bonchev–Trinajstić information content (AvgIpc) is 2.92. The van der Waals surface area contributed by atoms with Gasteiger partial charge in [-0.25, -0.2) is 0 Å². The lowest BCUT2D eigenvalue weighted by molar-refractivity contribution is 1.02. The van der Waals surface area contributed by atoms with Crippen LogP contribution in [0.2, 0.25) is 10.0 Å². The molecule has 1 aliphatic heterocycles. The summed E-state index contributed by atoms with van der Waals surface area (Å²) >= 11 is 12.4. The maximum atomic E-state index is 6.18. The van der Waals surface area contributed by atoms with Gasteiger partial charge in [-0.1, -0.05) is 47.5 Å². The van der Waals surface area contributed by atoms with Crippen molar-refractivity contribution in [3.05, 3.63) is 58.6 Å². The number of anilines is 2. The van der Waals surface area contributed by atoms with E-state index in [0.29, 0.717) is 15.7 Å². The number of aliphatic imine (C=N–C) groups is 1. The first-order valence-corrected chi connectivity index (χ1v) is 7.09. The van der Waals surface area contributed by atoms with Gasteiger partial charge in [-0.3, -0.25) is 4.99 Å². The molecular formula is C15H13Cl2N3. The summed E-state index contributed by atoms with van der Waals surface area (Å²) in [6, 6.07) is 15.5. The number of para-hydroxylation sites is 2. The molecule has 0 unspecified atom stereocenters. The second kappa shape index (κ2) is 5.73. The first-order chi connectivity index (χ1) is 9.75. The van der Waals surface area contributed by atoms with Gasteiger partial charge in [0.15, 0.2) is 0 Å². The van der Waals surface area contributed by atoms with E-state index >= 15 is 0 Å². The van der Waals surface area contributed by atoms with Crippen LogP contribution in [-0.4, -0.2) is 19.0 Å². The fraction of sp³-hybridized carbons (Fsp3) is 0.133. The van der Waals surface area contributed by atoms with Crippen molar-refractivity contribution in [1.29, 1.82) is 0 Å². The molecule has 3 nitrogen and oxygen atoms in total. The zero-order valence-corrected chi connectivity index (χ0v) is 12.2. The third-order valence-electron chi connectivity index (χ3n) is 3.11. The molecule has 0 saturated heterocycles. The van der Waals surface area contributed by atoms with E-state index in [1.54, 1.807) is 12.1 Å². The van der Waals surface area contributed by atoms with Crippen molar-refractivity contribution in [3.8, 4) is 0 Å². The summed E-state index contributed by atoms with van der Waals surface area (Å²) in [4.78, 5) is 6.60. The topological polar surface area (TPSA) is 27.6 Å². The molecular weight excluding hydrogens is 293 g/mol. The van der Waals surface area contributed by atoms with Crippen LogP contribution in [-0.2, 0) is 0 Å². The Balaban J connectivity index is 1.87. The van der Waals surface area contributed by atoms with E-state index in [4.69, 9.17) is 23.2 Å². The van der Waals surface area contributed by atoms with Crippen LogP contribution in [0.4, 0.5) is 11.4 Å². The quantitative estimate of drug-likeness (QED) is 0.896. The van der Waals surface area contributed by atoms with Gasteiger partial charge in [-0.05, 0) is 24.3 Å². The molecule has 0 amide bonds. The van der Waals surface area contributed by atoms with Crippen LogP contribution in [0.15, 0.2) is 53.5 Å². The SMILES string of the molecule is Clc1cccc(Cl)c1NC1=NCCN1c1ccccc1. The summed E-state index contributed by atoms with van der Waals surface area (Å²) in [7, 11) is 0. The fourth-order valence-corrected chi connectivity index (χ4v) is 2.63. The van der Waals surface area contributed by atoms with Crippen molar-refractivity contribution in [3.63, 3.8) is 0 Å². The smallest absolute Gasteiger partial charge is 0.203 e. The molecule has 2 aromatic rings. The number of rotatable bonds is 2. The Hall–Kier alpha value is -1.71. The first kappa shape index (κ1) is 13.3. The van der Waals surface area contributed by atoms with E-state index in [2.05, 4.69) is 27.3 Å². The first-order valence-electron chi connectivity index (χ1n) is 6.34. The van der Waals surface area contributed by atoms with E-state index in [-0.39, 0.29) is 0 Å². The molecule has 0 spiro atoms. The monoisotopic (exact) mass is 305 g/mol. The van der Waals surface area contributed by atoms with Crippen LogP contribution in [0, 0.1) is 0 Å². The average molecular weight is 306 g/mol. The molecule has 102 valence electrons. The Morgan fingerprint density at radius 2 is 1.65 bits per heavy atom. The molecule has 0 radical (unpaired) electrons. The summed E-state index contributed by atoms with van der Waals surface area (Å²) in [5.74, 6) is 0.770. The number of hydrogen-bond acceptors (Lipinski definition) is 3. The highest BCUT2D eigenvalue weighted by molar-refractivity contribution is 6.40. The van der Waals surface area contributed by atoms with E-state index in [1.165, 1.54) is 0 Å². The molecule has 0 atom stereocenters. The van der Waals surface area contributed by atoms with Gasteiger partial charge in [-0.15, -0.1) is 0 Å². The van der Waals surface area contributed by atoms with Gasteiger partial charge < -0.3 is 10.2 Å². The van der Waals surface area contributed by atoms with Gasteiger partial charge in [0.05, 0.1) is 22.3 Å². The summed E-state index contributed by atoms with van der Waals surface area (Å²) in [5.41, 5.74) is 1.79. The van der Waals surface area contributed by atoms with Gasteiger partial charge >= 0.3 is 0 Å². The van der Waals surface area contributed by atoms with Gasteiger partial charge in [0, 0.05) is 12.2 Å². The predicted molar refractivity (Wildman–Crippen MR) is 86.2 cm³/mol. The van der Waals surface area contributed by atoms with Crippen LogP contribution < -0.4 is 10.2 Å². The van der Waals surface area contributed by atoms with Gasteiger partial charge in [-0.2, -0.15) is 0 Å². The number of guanidine groups is 1. The van der Waals surface area contributed by atoms with Crippen LogP contribution in [0.1, 0.15) is 0 Å². The molecule has 3 rings (SSSR count). The fourth-order valence-electron chi connectivity index (χ4n) is 2.14. The van der Waals surface area contributed by atoms with E-state index in [0.717, 1.165) is 24.7 Å². The number of hydrogen-bond donors (Lipinski definition) is 1. The van der Waals surface area contributed by atoms with Crippen molar-refractivity contribution in [2.45, 2.75) is 0 Å². The Morgan fingerprint density at radius 3 is 2.35 bits per heavy atom. The Labute approximate surface area is 127 Å². The van der Waals surface area contributed by atoms with Gasteiger partial charge in [0.25, 0.3) is 0 Å². The number of halogens is 2. The molecule has 5 heteroatoms. The maximum absolute atomic E-state index is 6.18. The van der Waals surface area contributed by atoms with Crippen molar-refractivity contribution in [2.75, 3.05) is 23.3 Å². The van der Waals surface area contributed by atoms with Crippen molar-refractivity contribution < 1.29 is 0 Å². The minimum Gasteiger partial charge on any atom is -0.323 e. The van der Waals surface area contributed by atoms with Crippen molar-refractivity contribution in [2.24, 2.45) is 4.99 Å². The Kier molecular flexibility index (Phi) is 3.81.